The smallest absolute Gasteiger partial charge is 0.321 e. The Hall–Kier alpha value is -1.42. The van der Waals surface area contributed by atoms with Gasteiger partial charge in [-0.3, -0.25) is 9.59 Å². The molecule has 0 aliphatic carbocycles. The van der Waals surface area contributed by atoms with Crippen LogP contribution in [0.5, 0.6) is 0 Å². The van der Waals surface area contributed by atoms with Gasteiger partial charge in [0.05, 0.1) is 12.3 Å². The van der Waals surface area contributed by atoms with Gasteiger partial charge >= 0.3 is 11.9 Å². The molecule has 2 rings (SSSR count). The Kier molecular flexibility index (Phi) is 2.44. The molecule has 78 valence electrons. The van der Waals surface area contributed by atoms with Crippen LogP contribution >= 0.6 is 11.6 Å². The van der Waals surface area contributed by atoms with Crippen molar-refractivity contribution in [2.75, 3.05) is 0 Å². The lowest BCUT2D eigenvalue weighted by Gasteiger charge is -2.08. The third-order valence-electron chi connectivity index (χ3n) is 2.22. The second kappa shape index (κ2) is 3.62. The van der Waals surface area contributed by atoms with E-state index in [-0.39, 0.29) is 17.0 Å². The zero-order valence-corrected chi connectivity index (χ0v) is 8.25. The number of hydrogen-bond acceptors (Lipinski definition) is 3. The zero-order valence-electron chi connectivity index (χ0n) is 7.50. The van der Waals surface area contributed by atoms with Crippen LogP contribution < -0.4 is 0 Å². The fourth-order valence-electron chi connectivity index (χ4n) is 1.54. The quantitative estimate of drug-likeness (QED) is 0.546. The molecule has 1 atom stereocenters. The van der Waals surface area contributed by atoms with E-state index < -0.39 is 23.7 Å². The molecule has 1 aliphatic heterocycles. The van der Waals surface area contributed by atoms with Gasteiger partial charge in [0.1, 0.15) is 5.82 Å². The van der Waals surface area contributed by atoms with Gasteiger partial charge in [0.15, 0.2) is 0 Å². The molecule has 1 heterocycles. The van der Waals surface area contributed by atoms with Gasteiger partial charge < -0.3 is 4.74 Å². The van der Waals surface area contributed by atoms with E-state index >= 15 is 0 Å². The van der Waals surface area contributed by atoms with Gasteiger partial charge in [-0.2, -0.15) is 0 Å². The third-order valence-corrected chi connectivity index (χ3v) is 2.55. The highest BCUT2D eigenvalue weighted by Gasteiger charge is 2.37. The van der Waals surface area contributed by atoms with Gasteiger partial charge in [-0.25, -0.2) is 4.39 Å². The van der Waals surface area contributed by atoms with E-state index in [2.05, 4.69) is 4.74 Å². The molecule has 0 spiro atoms. The number of carbonyl (C=O) groups is 2. The number of esters is 2. The van der Waals surface area contributed by atoms with Crippen molar-refractivity contribution in [1.82, 2.24) is 0 Å². The van der Waals surface area contributed by atoms with E-state index in [0.717, 1.165) is 0 Å². The summed E-state index contributed by atoms with van der Waals surface area (Å²) in [4.78, 5) is 22.1. The lowest BCUT2D eigenvalue weighted by Crippen LogP contribution is -2.08. The molecule has 1 aromatic carbocycles. The largest absolute Gasteiger partial charge is 0.393 e. The molecule has 5 heteroatoms. The number of rotatable bonds is 1. The predicted octanol–water partition coefficient (Wildman–Crippen LogP) is 2.04. The Morgan fingerprint density at radius 1 is 1.40 bits per heavy atom. The summed E-state index contributed by atoms with van der Waals surface area (Å²) in [5, 5.41) is 0.131. The van der Waals surface area contributed by atoms with Gasteiger partial charge in [-0.15, -0.1) is 0 Å². The van der Waals surface area contributed by atoms with Gasteiger partial charge in [-0.1, -0.05) is 17.7 Å². The van der Waals surface area contributed by atoms with Crippen molar-refractivity contribution in [1.29, 1.82) is 0 Å². The molecule has 3 nitrogen and oxygen atoms in total. The Morgan fingerprint density at radius 3 is 2.67 bits per heavy atom. The fourth-order valence-corrected chi connectivity index (χ4v) is 1.83. The molecule has 1 fully saturated rings. The van der Waals surface area contributed by atoms with Crippen molar-refractivity contribution in [2.45, 2.75) is 12.3 Å². The maximum atomic E-state index is 13.4. The number of benzene rings is 1. The van der Waals surface area contributed by atoms with E-state index in [1.807, 2.05) is 0 Å². The van der Waals surface area contributed by atoms with Gasteiger partial charge in [0, 0.05) is 10.6 Å². The monoisotopic (exact) mass is 228 g/mol. The van der Waals surface area contributed by atoms with Gasteiger partial charge in [0.25, 0.3) is 0 Å². The summed E-state index contributed by atoms with van der Waals surface area (Å²) in [5.41, 5.74) is 0.0371. The van der Waals surface area contributed by atoms with Crippen molar-refractivity contribution >= 4 is 23.5 Å². The Bertz CT molecular complexity index is 424. The van der Waals surface area contributed by atoms with Crippen LogP contribution in [0.4, 0.5) is 4.39 Å². The molecule has 1 saturated heterocycles. The number of carbonyl (C=O) groups excluding carboxylic acids is 2. The average molecular weight is 229 g/mol. The minimum Gasteiger partial charge on any atom is -0.393 e. The van der Waals surface area contributed by atoms with Crippen molar-refractivity contribution in [3.63, 3.8) is 0 Å². The van der Waals surface area contributed by atoms with E-state index in [0.29, 0.717) is 0 Å². The molecule has 1 aliphatic rings. The molecule has 1 aromatic rings. The lowest BCUT2D eigenvalue weighted by molar-refractivity contribution is -0.152. The molecule has 0 saturated carbocycles. The average Bonchev–Trinajstić information content (AvgIpc) is 2.45. The summed E-state index contributed by atoms with van der Waals surface area (Å²) >= 11 is 5.76. The highest BCUT2D eigenvalue weighted by atomic mass is 35.5. The molecule has 15 heavy (non-hydrogen) atoms. The number of cyclic esters (lactones) is 2. The number of halogens is 2. The topological polar surface area (TPSA) is 43.4 Å². The molecular formula is C10H6ClFO3. The Labute approximate surface area is 89.8 Å². The van der Waals surface area contributed by atoms with Gasteiger partial charge in [-0.05, 0) is 12.1 Å². The summed E-state index contributed by atoms with van der Waals surface area (Å²) < 4.78 is 17.7. The van der Waals surface area contributed by atoms with Gasteiger partial charge in [0.2, 0.25) is 0 Å². The summed E-state index contributed by atoms with van der Waals surface area (Å²) in [6.45, 7) is 0. The van der Waals surface area contributed by atoms with Crippen molar-refractivity contribution < 1.29 is 18.7 Å². The third kappa shape index (κ3) is 1.72. The van der Waals surface area contributed by atoms with E-state index in [1.54, 1.807) is 0 Å². The van der Waals surface area contributed by atoms with E-state index in [1.165, 1.54) is 18.2 Å². The summed E-state index contributed by atoms with van der Waals surface area (Å²) in [6, 6.07) is 4.09. The molecule has 0 aromatic heterocycles. The summed E-state index contributed by atoms with van der Waals surface area (Å²) in [5.74, 6) is -2.90. The fraction of sp³-hybridized carbons (Fsp3) is 0.200. The van der Waals surface area contributed by atoms with Crippen LogP contribution in [0.2, 0.25) is 5.02 Å². The van der Waals surface area contributed by atoms with E-state index in [4.69, 9.17) is 11.6 Å². The first kappa shape index (κ1) is 10.1. The molecule has 1 unspecified atom stereocenters. The second-order valence-corrected chi connectivity index (χ2v) is 3.59. The highest BCUT2D eigenvalue weighted by molar-refractivity contribution is 6.31. The number of hydrogen-bond donors (Lipinski definition) is 0. The van der Waals surface area contributed by atoms with Crippen LogP contribution in [-0.2, 0) is 14.3 Å². The van der Waals surface area contributed by atoms with Crippen LogP contribution in [0, 0.1) is 5.82 Å². The standard InChI is InChI=1S/C10H6ClFO3/c11-6-2-1-3-7(12)9(6)5-4-8(13)15-10(5)14/h1-3,5H,4H2. The van der Waals surface area contributed by atoms with Crippen LogP contribution in [-0.4, -0.2) is 11.9 Å². The minimum absolute atomic E-state index is 0.0371. The van der Waals surface area contributed by atoms with Crippen molar-refractivity contribution in [2.24, 2.45) is 0 Å². The summed E-state index contributed by atoms with van der Waals surface area (Å²) in [7, 11) is 0. The molecule has 0 radical (unpaired) electrons. The SMILES string of the molecule is O=C1CC(c2c(F)cccc2Cl)C(=O)O1. The maximum absolute atomic E-state index is 13.4. The van der Waals surface area contributed by atoms with Crippen molar-refractivity contribution in [3.05, 3.63) is 34.6 Å². The predicted molar refractivity (Wildman–Crippen MR) is 49.9 cm³/mol. The summed E-state index contributed by atoms with van der Waals surface area (Å²) in [6.07, 6.45) is -0.153. The second-order valence-electron chi connectivity index (χ2n) is 3.19. The number of ether oxygens (including phenoxy) is 1. The van der Waals surface area contributed by atoms with Crippen LogP contribution in [0.1, 0.15) is 17.9 Å². The first-order chi connectivity index (χ1) is 7.09. The Balaban J connectivity index is 2.46. The molecule has 0 bridgehead atoms. The van der Waals surface area contributed by atoms with Crippen LogP contribution in [0.3, 0.4) is 0 Å². The molecule has 0 amide bonds. The molecule has 0 N–H and O–H groups in total. The maximum Gasteiger partial charge on any atom is 0.321 e. The Morgan fingerprint density at radius 2 is 2.13 bits per heavy atom. The molecular weight excluding hydrogens is 223 g/mol. The van der Waals surface area contributed by atoms with E-state index in [9.17, 15) is 14.0 Å². The lowest BCUT2D eigenvalue weighted by atomic mass is 9.97. The van der Waals surface area contributed by atoms with Crippen LogP contribution in [0.15, 0.2) is 18.2 Å². The minimum atomic E-state index is -0.911. The van der Waals surface area contributed by atoms with Crippen LogP contribution in [0.25, 0.3) is 0 Å². The first-order valence-corrected chi connectivity index (χ1v) is 4.66. The first-order valence-electron chi connectivity index (χ1n) is 4.28. The van der Waals surface area contributed by atoms with Crippen molar-refractivity contribution in [3.8, 4) is 0 Å². The highest BCUT2D eigenvalue weighted by Crippen LogP contribution is 2.34. The normalized spacial score (nSPS) is 20.5. The zero-order chi connectivity index (χ0) is 11.0.